The lowest BCUT2D eigenvalue weighted by atomic mass is 10.1. The number of hydrogen-bond donors (Lipinski definition) is 0. The predicted molar refractivity (Wildman–Crippen MR) is 57.7 cm³/mol. The highest BCUT2D eigenvalue weighted by Gasteiger charge is 2.27. The number of carbonyl (C=O) groups excluding carboxylic acids is 1. The van der Waals surface area contributed by atoms with Crippen molar-refractivity contribution in [1.29, 1.82) is 0 Å². The van der Waals surface area contributed by atoms with E-state index in [2.05, 4.69) is 0 Å². The van der Waals surface area contributed by atoms with Crippen molar-refractivity contribution < 1.29 is 14.3 Å². The van der Waals surface area contributed by atoms with Gasteiger partial charge in [-0.25, -0.2) is 0 Å². The van der Waals surface area contributed by atoms with Gasteiger partial charge in [-0.05, 0) is 20.3 Å². The lowest BCUT2D eigenvalue weighted by Crippen LogP contribution is -2.42. The van der Waals surface area contributed by atoms with E-state index >= 15 is 0 Å². The van der Waals surface area contributed by atoms with Gasteiger partial charge in [-0.1, -0.05) is 0 Å². The van der Waals surface area contributed by atoms with Gasteiger partial charge in [0.25, 0.3) is 0 Å². The Morgan fingerprint density at radius 3 is 2.93 bits per heavy atom. The van der Waals surface area contributed by atoms with E-state index in [-0.39, 0.29) is 11.5 Å². The second kappa shape index (κ2) is 5.47. The van der Waals surface area contributed by atoms with Gasteiger partial charge in [0.15, 0.2) is 0 Å². The van der Waals surface area contributed by atoms with Gasteiger partial charge in [-0.2, -0.15) is 0 Å². The van der Waals surface area contributed by atoms with Gasteiger partial charge in [0, 0.05) is 26.8 Å². The fourth-order valence-corrected chi connectivity index (χ4v) is 1.75. The number of hydrogen-bond acceptors (Lipinski definition) is 3. The monoisotopic (exact) mass is 215 g/mol. The highest BCUT2D eigenvalue weighted by molar-refractivity contribution is 5.76. The van der Waals surface area contributed by atoms with Gasteiger partial charge in [0.2, 0.25) is 5.91 Å². The molecule has 0 spiro atoms. The van der Waals surface area contributed by atoms with E-state index in [0.717, 1.165) is 19.6 Å². The molecule has 1 fully saturated rings. The second-order valence-corrected chi connectivity index (χ2v) is 4.52. The molecule has 0 atom stereocenters. The number of nitrogens with zero attached hydrogens (tertiary/aromatic N) is 1. The molecule has 0 unspecified atom stereocenters. The maximum Gasteiger partial charge on any atom is 0.224 e. The zero-order valence-electron chi connectivity index (χ0n) is 9.91. The summed E-state index contributed by atoms with van der Waals surface area (Å²) in [5, 5.41) is 0. The van der Waals surface area contributed by atoms with Gasteiger partial charge in [-0.15, -0.1) is 0 Å². The molecule has 0 bridgehead atoms. The summed E-state index contributed by atoms with van der Waals surface area (Å²) >= 11 is 0. The minimum atomic E-state index is -0.223. The first-order valence-corrected chi connectivity index (χ1v) is 5.46. The normalized spacial score (nSPS) is 21.1. The van der Waals surface area contributed by atoms with Gasteiger partial charge in [0.05, 0.1) is 18.6 Å². The number of methoxy groups -OCH3 is 1. The van der Waals surface area contributed by atoms with Gasteiger partial charge in [-0.3, -0.25) is 4.79 Å². The van der Waals surface area contributed by atoms with Gasteiger partial charge in [0.1, 0.15) is 0 Å². The molecular weight excluding hydrogens is 194 g/mol. The Hall–Kier alpha value is -0.610. The standard InChI is InChI=1S/C11H21NO3/c1-11(2)9-12(6-4-7-15-11)10(13)5-8-14-3/h4-9H2,1-3H3. The average Bonchev–Trinajstić information content (AvgIpc) is 2.35. The molecule has 0 radical (unpaired) electrons. The van der Waals surface area contributed by atoms with Crippen LogP contribution in [0.4, 0.5) is 0 Å². The zero-order valence-corrected chi connectivity index (χ0v) is 9.91. The number of carbonyl (C=O) groups is 1. The van der Waals surface area contributed by atoms with Crippen molar-refractivity contribution in [1.82, 2.24) is 4.90 Å². The Labute approximate surface area is 91.5 Å². The highest BCUT2D eigenvalue weighted by atomic mass is 16.5. The van der Waals surface area contributed by atoms with Gasteiger partial charge < -0.3 is 14.4 Å². The molecule has 4 heteroatoms. The zero-order chi connectivity index (χ0) is 11.3. The average molecular weight is 215 g/mol. The van der Waals surface area contributed by atoms with Gasteiger partial charge >= 0.3 is 0 Å². The first-order valence-electron chi connectivity index (χ1n) is 5.46. The maximum absolute atomic E-state index is 11.8. The summed E-state index contributed by atoms with van der Waals surface area (Å²) in [6.45, 7) is 6.75. The lowest BCUT2D eigenvalue weighted by molar-refractivity contribution is -0.134. The molecule has 0 saturated carbocycles. The minimum Gasteiger partial charge on any atom is -0.384 e. The predicted octanol–water partition coefficient (Wildman–Crippen LogP) is 1.05. The lowest BCUT2D eigenvalue weighted by Gasteiger charge is -2.29. The topological polar surface area (TPSA) is 38.8 Å². The molecule has 1 amide bonds. The van der Waals surface area contributed by atoms with Crippen LogP contribution in [0.15, 0.2) is 0 Å². The molecule has 0 aromatic heterocycles. The minimum absolute atomic E-state index is 0.162. The Morgan fingerprint density at radius 2 is 2.27 bits per heavy atom. The third-order valence-electron chi connectivity index (χ3n) is 2.51. The Balaban J connectivity index is 2.48. The summed E-state index contributed by atoms with van der Waals surface area (Å²) in [5.74, 6) is 0.162. The summed E-state index contributed by atoms with van der Waals surface area (Å²) < 4.78 is 10.6. The number of amides is 1. The summed E-state index contributed by atoms with van der Waals surface area (Å²) in [6.07, 6.45) is 1.38. The van der Waals surface area contributed by atoms with Crippen LogP contribution in [0.2, 0.25) is 0 Å². The molecule has 1 saturated heterocycles. The van der Waals surface area contributed by atoms with Crippen LogP contribution in [0, 0.1) is 0 Å². The Kier molecular flexibility index (Phi) is 4.54. The molecule has 0 aromatic carbocycles. The second-order valence-electron chi connectivity index (χ2n) is 4.52. The van der Waals surface area contributed by atoms with Crippen LogP contribution in [-0.2, 0) is 14.3 Å². The van der Waals surface area contributed by atoms with E-state index in [1.165, 1.54) is 0 Å². The van der Waals surface area contributed by atoms with Crippen LogP contribution >= 0.6 is 0 Å². The van der Waals surface area contributed by atoms with E-state index in [9.17, 15) is 4.79 Å². The van der Waals surface area contributed by atoms with Crippen molar-refractivity contribution in [2.75, 3.05) is 33.4 Å². The quantitative estimate of drug-likeness (QED) is 0.706. The van der Waals surface area contributed by atoms with Crippen LogP contribution < -0.4 is 0 Å². The van der Waals surface area contributed by atoms with Crippen LogP contribution in [0.25, 0.3) is 0 Å². The van der Waals surface area contributed by atoms with E-state index in [0.29, 0.717) is 19.6 Å². The van der Waals surface area contributed by atoms with Crippen molar-refractivity contribution in [2.45, 2.75) is 32.3 Å². The fraction of sp³-hybridized carbons (Fsp3) is 0.909. The van der Waals surface area contributed by atoms with Crippen LogP contribution in [-0.4, -0.2) is 49.8 Å². The Bertz CT molecular complexity index is 216. The summed E-state index contributed by atoms with van der Waals surface area (Å²) in [7, 11) is 1.61. The molecule has 88 valence electrons. The van der Waals surface area contributed by atoms with E-state index in [1.54, 1.807) is 7.11 Å². The third-order valence-corrected chi connectivity index (χ3v) is 2.51. The molecule has 1 aliphatic heterocycles. The van der Waals surface area contributed by atoms with Crippen molar-refractivity contribution in [3.63, 3.8) is 0 Å². The van der Waals surface area contributed by atoms with Crippen molar-refractivity contribution in [3.8, 4) is 0 Å². The van der Waals surface area contributed by atoms with Crippen molar-refractivity contribution in [2.24, 2.45) is 0 Å². The molecule has 0 aliphatic carbocycles. The highest BCUT2D eigenvalue weighted by Crippen LogP contribution is 2.16. The summed E-state index contributed by atoms with van der Waals surface area (Å²) in [4.78, 5) is 13.7. The molecule has 1 rings (SSSR count). The molecule has 4 nitrogen and oxygen atoms in total. The molecule has 0 aromatic rings. The first kappa shape index (κ1) is 12.5. The van der Waals surface area contributed by atoms with E-state index in [4.69, 9.17) is 9.47 Å². The van der Waals surface area contributed by atoms with Crippen LogP contribution in [0.5, 0.6) is 0 Å². The van der Waals surface area contributed by atoms with Crippen LogP contribution in [0.3, 0.4) is 0 Å². The molecule has 0 N–H and O–H groups in total. The molecule has 1 heterocycles. The SMILES string of the molecule is COCCC(=O)N1CCCOC(C)(C)C1. The van der Waals surface area contributed by atoms with E-state index < -0.39 is 0 Å². The number of ether oxygens (including phenoxy) is 2. The smallest absolute Gasteiger partial charge is 0.224 e. The molecule has 15 heavy (non-hydrogen) atoms. The summed E-state index contributed by atoms with van der Waals surface area (Å²) in [5.41, 5.74) is -0.223. The molecular formula is C11H21NO3. The molecule has 1 aliphatic rings. The van der Waals surface area contributed by atoms with E-state index in [1.807, 2.05) is 18.7 Å². The maximum atomic E-state index is 11.8. The summed E-state index contributed by atoms with van der Waals surface area (Å²) in [6, 6.07) is 0. The first-order chi connectivity index (χ1) is 7.05. The fourth-order valence-electron chi connectivity index (χ4n) is 1.75. The number of rotatable bonds is 3. The van der Waals surface area contributed by atoms with Crippen molar-refractivity contribution >= 4 is 5.91 Å². The van der Waals surface area contributed by atoms with Crippen LogP contribution in [0.1, 0.15) is 26.7 Å². The van der Waals surface area contributed by atoms with Crippen molar-refractivity contribution in [3.05, 3.63) is 0 Å². The third kappa shape index (κ3) is 4.18. The Morgan fingerprint density at radius 1 is 1.53 bits per heavy atom. The largest absolute Gasteiger partial charge is 0.384 e.